The van der Waals surface area contributed by atoms with Crippen LogP contribution in [0, 0.1) is 0 Å². The monoisotopic (exact) mass is 322 g/mol. The van der Waals surface area contributed by atoms with E-state index in [-0.39, 0.29) is 12.2 Å². The molecule has 2 heterocycles. The van der Waals surface area contributed by atoms with Gasteiger partial charge in [0, 0.05) is 24.0 Å². The fourth-order valence-electron chi connectivity index (χ4n) is 3.40. The first-order chi connectivity index (χ1) is 10.6. The number of nitrogens with zero attached hydrogens (tertiary/aromatic N) is 2. The highest BCUT2D eigenvalue weighted by Crippen LogP contribution is 2.25. The van der Waals surface area contributed by atoms with Gasteiger partial charge in [-0.3, -0.25) is 4.90 Å². The Bertz CT molecular complexity index is 530. The van der Waals surface area contributed by atoms with Crippen LogP contribution >= 0.6 is 11.6 Å². The molecule has 0 saturated carbocycles. The zero-order valence-electron chi connectivity index (χ0n) is 12.9. The molecule has 120 valence electrons. The Morgan fingerprint density at radius 3 is 2.91 bits per heavy atom. The van der Waals surface area contributed by atoms with Crippen molar-refractivity contribution in [1.29, 1.82) is 0 Å². The Kier molecular flexibility index (Phi) is 5.01. The first-order valence-corrected chi connectivity index (χ1v) is 8.40. The first kappa shape index (κ1) is 15.8. The second kappa shape index (κ2) is 6.99. The van der Waals surface area contributed by atoms with Crippen molar-refractivity contribution in [3.05, 3.63) is 34.9 Å². The van der Waals surface area contributed by atoms with Crippen LogP contribution in [-0.4, -0.2) is 47.1 Å². The second-order valence-electron chi connectivity index (χ2n) is 6.35. The molecule has 0 bridgehead atoms. The zero-order chi connectivity index (χ0) is 15.5. The van der Waals surface area contributed by atoms with Crippen molar-refractivity contribution in [2.45, 2.75) is 50.9 Å². The Hall–Kier alpha value is -1.10. The molecule has 3 rings (SSSR count). The van der Waals surface area contributed by atoms with Crippen LogP contribution in [0.5, 0.6) is 0 Å². The molecule has 1 fully saturated rings. The molecule has 0 amide bonds. The van der Waals surface area contributed by atoms with Gasteiger partial charge in [-0.25, -0.2) is 0 Å². The summed E-state index contributed by atoms with van der Waals surface area (Å²) in [6, 6.07) is 8.21. The van der Waals surface area contributed by atoms with Gasteiger partial charge in [-0.15, -0.1) is 0 Å². The van der Waals surface area contributed by atoms with E-state index in [4.69, 9.17) is 16.4 Å². The molecule has 0 spiro atoms. The number of halogens is 1. The van der Waals surface area contributed by atoms with Crippen molar-refractivity contribution in [3.8, 4) is 0 Å². The number of likely N-dealkylation sites (tertiary alicyclic amines) is 1. The van der Waals surface area contributed by atoms with E-state index in [0.717, 1.165) is 42.2 Å². The van der Waals surface area contributed by atoms with E-state index in [1.54, 1.807) is 0 Å². The highest BCUT2D eigenvalue weighted by atomic mass is 35.5. The summed E-state index contributed by atoms with van der Waals surface area (Å²) in [7, 11) is 0. The average molecular weight is 323 g/mol. The molecule has 5 heteroatoms. The van der Waals surface area contributed by atoms with Crippen molar-refractivity contribution in [3.63, 3.8) is 0 Å². The fraction of sp³-hybridized carbons (Fsp3) is 0.588. The maximum absolute atomic E-state index is 9.61. The quantitative estimate of drug-likeness (QED) is 0.906. The van der Waals surface area contributed by atoms with Gasteiger partial charge in [0.1, 0.15) is 6.10 Å². The Morgan fingerprint density at radius 2 is 2.18 bits per heavy atom. The van der Waals surface area contributed by atoms with Crippen molar-refractivity contribution in [2.24, 2.45) is 5.16 Å². The maximum Gasteiger partial charge on any atom is 0.145 e. The molecule has 2 aliphatic rings. The van der Waals surface area contributed by atoms with Gasteiger partial charge in [-0.1, -0.05) is 28.9 Å². The van der Waals surface area contributed by atoms with Gasteiger partial charge < -0.3 is 9.94 Å². The molecule has 0 aliphatic carbocycles. The van der Waals surface area contributed by atoms with Gasteiger partial charge in [0.25, 0.3) is 0 Å². The number of aliphatic hydroxyl groups is 1. The molecule has 0 aromatic heterocycles. The van der Waals surface area contributed by atoms with Gasteiger partial charge in [-0.05, 0) is 50.4 Å². The van der Waals surface area contributed by atoms with E-state index in [9.17, 15) is 5.11 Å². The largest absolute Gasteiger partial charge is 0.393 e. The van der Waals surface area contributed by atoms with Crippen LogP contribution in [0.4, 0.5) is 0 Å². The summed E-state index contributed by atoms with van der Waals surface area (Å²) in [5, 5.41) is 14.6. The maximum atomic E-state index is 9.61. The number of hydrogen-bond donors (Lipinski definition) is 1. The van der Waals surface area contributed by atoms with Crippen LogP contribution in [-0.2, 0) is 4.84 Å². The summed E-state index contributed by atoms with van der Waals surface area (Å²) in [4.78, 5) is 8.06. The summed E-state index contributed by atoms with van der Waals surface area (Å²) >= 11 is 5.92. The third kappa shape index (κ3) is 3.80. The summed E-state index contributed by atoms with van der Waals surface area (Å²) in [6.07, 6.45) is 3.92. The highest BCUT2D eigenvalue weighted by molar-refractivity contribution is 6.30. The predicted molar refractivity (Wildman–Crippen MR) is 88.4 cm³/mol. The molecule has 1 aromatic carbocycles. The minimum Gasteiger partial charge on any atom is -0.393 e. The third-order valence-electron chi connectivity index (χ3n) is 4.46. The van der Waals surface area contributed by atoms with E-state index in [2.05, 4.69) is 10.1 Å². The molecule has 1 aromatic rings. The Morgan fingerprint density at radius 1 is 1.41 bits per heavy atom. The van der Waals surface area contributed by atoms with E-state index in [0.29, 0.717) is 6.04 Å². The molecular weight excluding hydrogens is 300 g/mol. The van der Waals surface area contributed by atoms with E-state index < -0.39 is 0 Å². The normalized spacial score (nSPS) is 26.8. The molecule has 1 saturated heterocycles. The number of rotatable bonds is 5. The fourth-order valence-corrected chi connectivity index (χ4v) is 3.52. The van der Waals surface area contributed by atoms with E-state index in [1.807, 2.05) is 31.2 Å². The Labute approximate surface area is 136 Å². The lowest BCUT2D eigenvalue weighted by atomic mass is 10.0. The van der Waals surface area contributed by atoms with Crippen molar-refractivity contribution in [1.82, 2.24) is 4.90 Å². The first-order valence-electron chi connectivity index (χ1n) is 8.02. The molecule has 22 heavy (non-hydrogen) atoms. The van der Waals surface area contributed by atoms with E-state index in [1.165, 1.54) is 12.8 Å². The summed E-state index contributed by atoms with van der Waals surface area (Å²) in [5.41, 5.74) is 2.07. The molecule has 3 atom stereocenters. The average Bonchev–Trinajstić information content (AvgIpc) is 3.10. The topological polar surface area (TPSA) is 45.1 Å². The van der Waals surface area contributed by atoms with Gasteiger partial charge >= 0.3 is 0 Å². The molecule has 1 N–H and O–H groups in total. The lowest BCUT2D eigenvalue weighted by Gasteiger charge is -2.27. The van der Waals surface area contributed by atoms with Crippen LogP contribution in [0.3, 0.4) is 0 Å². The summed E-state index contributed by atoms with van der Waals surface area (Å²) in [5.74, 6) is 0. The molecular formula is C17H23ClN2O2. The molecule has 3 unspecified atom stereocenters. The van der Waals surface area contributed by atoms with Crippen molar-refractivity contribution >= 4 is 17.3 Å². The Balaban J connectivity index is 1.54. The predicted octanol–water partition coefficient (Wildman–Crippen LogP) is 3.07. The van der Waals surface area contributed by atoms with Gasteiger partial charge in [0.15, 0.2) is 0 Å². The number of oxime groups is 1. The summed E-state index contributed by atoms with van der Waals surface area (Å²) in [6.45, 7) is 3.84. The smallest absolute Gasteiger partial charge is 0.145 e. The highest BCUT2D eigenvalue weighted by Gasteiger charge is 2.31. The minimum atomic E-state index is -0.240. The number of aliphatic hydroxyl groups excluding tert-OH is 1. The molecule has 0 radical (unpaired) electrons. The van der Waals surface area contributed by atoms with Gasteiger partial charge in [-0.2, -0.15) is 0 Å². The van der Waals surface area contributed by atoms with E-state index >= 15 is 0 Å². The number of hydrogen-bond acceptors (Lipinski definition) is 4. The van der Waals surface area contributed by atoms with Crippen LogP contribution in [0.25, 0.3) is 0 Å². The van der Waals surface area contributed by atoms with Crippen molar-refractivity contribution < 1.29 is 9.94 Å². The van der Waals surface area contributed by atoms with Crippen LogP contribution in [0.15, 0.2) is 29.4 Å². The lowest BCUT2D eigenvalue weighted by Crippen LogP contribution is -2.37. The summed E-state index contributed by atoms with van der Waals surface area (Å²) < 4.78 is 0. The van der Waals surface area contributed by atoms with Crippen LogP contribution in [0.1, 0.15) is 38.2 Å². The molecule has 2 aliphatic heterocycles. The minimum absolute atomic E-state index is 0.111. The SMILES string of the molecule is CC(O)CC1CCCN1CC1CC(c2ccc(Cl)cc2)=NO1. The van der Waals surface area contributed by atoms with Gasteiger partial charge in [0.2, 0.25) is 0 Å². The van der Waals surface area contributed by atoms with Crippen molar-refractivity contribution in [2.75, 3.05) is 13.1 Å². The van der Waals surface area contributed by atoms with Crippen LogP contribution in [0.2, 0.25) is 5.02 Å². The van der Waals surface area contributed by atoms with Gasteiger partial charge in [0.05, 0.1) is 11.8 Å². The third-order valence-corrected chi connectivity index (χ3v) is 4.71. The second-order valence-corrected chi connectivity index (χ2v) is 6.79. The molecule has 4 nitrogen and oxygen atoms in total. The number of benzene rings is 1. The standard InChI is InChI=1S/C17H23ClN2O2/c1-12(21)9-15-3-2-8-20(15)11-16-10-17(19-22-16)13-4-6-14(18)7-5-13/h4-7,12,15-16,21H,2-3,8-11H2,1H3. The lowest BCUT2D eigenvalue weighted by molar-refractivity contribution is 0.0413. The van der Waals surface area contributed by atoms with Crippen LogP contribution < -0.4 is 0 Å². The zero-order valence-corrected chi connectivity index (χ0v) is 13.7.